The van der Waals surface area contributed by atoms with Crippen LogP contribution in [0.15, 0.2) is 23.5 Å². The van der Waals surface area contributed by atoms with E-state index in [1.165, 1.54) is 0 Å². The fourth-order valence-electron chi connectivity index (χ4n) is 2.52. The second-order valence-corrected chi connectivity index (χ2v) is 6.81. The first-order chi connectivity index (χ1) is 9.99. The molecular weight excluding hydrogens is 304 g/mol. The van der Waals surface area contributed by atoms with Gasteiger partial charge in [-0.2, -0.15) is 0 Å². The molecule has 0 radical (unpaired) electrons. The summed E-state index contributed by atoms with van der Waals surface area (Å²) in [5.74, 6) is 0. The van der Waals surface area contributed by atoms with Crippen molar-refractivity contribution in [3.05, 3.63) is 44.3 Å². The van der Waals surface area contributed by atoms with E-state index in [0.29, 0.717) is 11.3 Å². The lowest BCUT2D eigenvalue weighted by molar-refractivity contribution is 0.446. The number of thiophene rings is 1. The zero-order chi connectivity index (χ0) is 15.1. The van der Waals surface area contributed by atoms with E-state index in [9.17, 15) is 4.79 Å². The first kappa shape index (κ1) is 14.2. The summed E-state index contributed by atoms with van der Waals surface area (Å²) in [4.78, 5) is 22.0. The Balaban J connectivity index is 2.16. The molecule has 21 heavy (non-hydrogen) atoms. The Morgan fingerprint density at radius 1 is 1.48 bits per heavy atom. The highest BCUT2D eigenvalue weighted by molar-refractivity contribution is 7.71. The van der Waals surface area contributed by atoms with E-state index in [4.69, 9.17) is 12.2 Å². The van der Waals surface area contributed by atoms with Gasteiger partial charge in [-0.25, -0.2) is 4.98 Å². The third-order valence-electron chi connectivity index (χ3n) is 3.73. The van der Waals surface area contributed by atoms with Crippen molar-refractivity contribution >= 4 is 33.8 Å². The molecule has 0 aromatic carbocycles. The summed E-state index contributed by atoms with van der Waals surface area (Å²) in [7, 11) is 0. The Bertz CT molecular complexity index is 902. The number of hydrogen-bond donors (Lipinski definition) is 1. The molecule has 3 aromatic rings. The Hall–Kier alpha value is -1.73. The maximum Gasteiger partial charge on any atom is 0.263 e. The molecule has 1 atom stereocenters. The third-order valence-corrected chi connectivity index (χ3v) is 5.15. The molecule has 0 saturated heterocycles. The van der Waals surface area contributed by atoms with Crippen molar-refractivity contribution < 1.29 is 0 Å². The zero-order valence-electron chi connectivity index (χ0n) is 12.1. The van der Waals surface area contributed by atoms with Crippen LogP contribution in [0.3, 0.4) is 0 Å². The Labute approximate surface area is 130 Å². The van der Waals surface area contributed by atoms with Gasteiger partial charge in [-0.15, -0.1) is 11.3 Å². The summed E-state index contributed by atoms with van der Waals surface area (Å²) in [5, 5.41) is 0.753. The van der Waals surface area contributed by atoms with Crippen molar-refractivity contribution in [2.75, 3.05) is 0 Å². The number of H-pyrrole nitrogens is 1. The van der Waals surface area contributed by atoms with Gasteiger partial charge in [0.2, 0.25) is 0 Å². The quantitative estimate of drug-likeness (QED) is 0.754. The van der Waals surface area contributed by atoms with Crippen LogP contribution in [0.25, 0.3) is 10.2 Å². The van der Waals surface area contributed by atoms with Gasteiger partial charge >= 0.3 is 0 Å². The van der Waals surface area contributed by atoms with Gasteiger partial charge in [-0.3, -0.25) is 9.36 Å². The average molecular weight is 320 g/mol. The number of hydrogen-bond acceptors (Lipinski definition) is 4. The lowest BCUT2D eigenvalue weighted by Gasteiger charge is -2.16. The fraction of sp³-hybridized carbons (Fsp3) is 0.357. The molecule has 0 saturated carbocycles. The molecule has 1 N–H and O–H groups in total. The lowest BCUT2D eigenvalue weighted by Crippen LogP contribution is -2.27. The Morgan fingerprint density at radius 2 is 2.24 bits per heavy atom. The molecule has 3 aromatic heterocycles. The van der Waals surface area contributed by atoms with E-state index in [0.717, 1.165) is 20.7 Å². The second kappa shape index (κ2) is 5.23. The van der Waals surface area contributed by atoms with Crippen molar-refractivity contribution in [2.45, 2.75) is 33.4 Å². The molecule has 3 heterocycles. The maximum absolute atomic E-state index is 12.8. The van der Waals surface area contributed by atoms with E-state index < -0.39 is 0 Å². The number of imidazole rings is 1. The van der Waals surface area contributed by atoms with Crippen molar-refractivity contribution in [3.63, 3.8) is 0 Å². The van der Waals surface area contributed by atoms with Crippen LogP contribution in [0.1, 0.15) is 23.4 Å². The van der Waals surface area contributed by atoms with Crippen molar-refractivity contribution in [3.8, 4) is 0 Å². The predicted molar refractivity (Wildman–Crippen MR) is 87.7 cm³/mol. The largest absolute Gasteiger partial charge is 0.335 e. The standard InChI is InChI=1S/C14H16N4OS2/c1-8(6-17-5-4-15-7-17)18-13(19)11-9(2)10(3)21-12(11)16-14(18)20/h4-5,7-8H,6H2,1-3H3,(H,16,20). The molecule has 7 heteroatoms. The highest BCUT2D eigenvalue weighted by atomic mass is 32.1. The van der Waals surface area contributed by atoms with Crippen LogP contribution < -0.4 is 5.56 Å². The molecule has 0 aliphatic rings. The molecule has 0 fully saturated rings. The number of nitrogens with one attached hydrogen (secondary N) is 1. The summed E-state index contributed by atoms with van der Waals surface area (Å²) in [6.45, 7) is 6.66. The van der Waals surface area contributed by atoms with Crippen LogP contribution in [-0.4, -0.2) is 19.1 Å². The van der Waals surface area contributed by atoms with Crippen molar-refractivity contribution in [1.29, 1.82) is 0 Å². The summed E-state index contributed by atoms with van der Waals surface area (Å²) in [6.07, 6.45) is 5.35. The van der Waals surface area contributed by atoms with Gasteiger partial charge < -0.3 is 9.55 Å². The van der Waals surface area contributed by atoms with Crippen LogP contribution in [0, 0.1) is 18.6 Å². The minimum absolute atomic E-state index is 0.0109. The van der Waals surface area contributed by atoms with Gasteiger partial charge in [0.05, 0.1) is 17.8 Å². The summed E-state index contributed by atoms with van der Waals surface area (Å²) in [6, 6.07) is -0.0422. The second-order valence-electron chi connectivity index (χ2n) is 5.20. The molecule has 0 bridgehead atoms. The van der Waals surface area contributed by atoms with E-state index in [2.05, 4.69) is 9.97 Å². The van der Waals surface area contributed by atoms with Gasteiger partial charge in [0, 0.05) is 23.8 Å². The molecular formula is C14H16N4OS2. The van der Waals surface area contributed by atoms with Crippen LogP contribution >= 0.6 is 23.6 Å². The highest BCUT2D eigenvalue weighted by Gasteiger charge is 2.16. The van der Waals surface area contributed by atoms with Gasteiger partial charge in [0.1, 0.15) is 4.83 Å². The van der Waals surface area contributed by atoms with E-state index >= 15 is 0 Å². The number of aromatic amines is 1. The Morgan fingerprint density at radius 3 is 2.90 bits per heavy atom. The molecule has 3 rings (SSSR count). The monoisotopic (exact) mass is 320 g/mol. The number of aromatic nitrogens is 4. The van der Waals surface area contributed by atoms with Gasteiger partial charge in [-0.1, -0.05) is 0 Å². The molecule has 0 amide bonds. The van der Waals surface area contributed by atoms with Gasteiger partial charge in [-0.05, 0) is 38.6 Å². The topological polar surface area (TPSA) is 55.6 Å². The minimum atomic E-state index is -0.0422. The molecule has 5 nitrogen and oxygen atoms in total. The third kappa shape index (κ3) is 2.36. The molecule has 1 unspecified atom stereocenters. The highest BCUT2D eigenvalue weighted by Crippen LogP contribution is 2.26. The van der Waals surface area contributed by atoms with Gasteiger partial charge in [0.15, 0.2) is 4.77 Å². The smallest absolute Gasteiger partial charge is 0.263 e. The number of fused-ring (bicyclic) bond motifs is 1. The molecule has 110 valence electrons. The summed E-state index contributed by atoms with van der Waals surface area (Å²) < 4.78 is 4.08. The van der Waals surface area contributed by atoms with E-state index in [1.807, 2.05) is 31.5 Å². The summed E-state index contributed by atoms with van der Waals surface area (Å²) >= 11 is 6.96. The lowest BCUT2D eigenvalue weighted by atomic mass is 10.2. The van der Waals surface area contributed by atoms with Gasteiger partial charge in [0.25, 0.3) is 5.56 Å². The van der Waals surface area contributed by atoms with Crippen molar-refractivity contribution in [2.24, 2.45) is 0 Å². The average Bonchev–Trinajstić information content (AvgIpc) is 2.99. The van der Waals surface area contributed by atoms with Crippen LogP contribution in [0.2, 0.25) is 0 Å². The SMILES string of the molecule is Cc1sc2[nH]c(=S)n(C(C)Cn3ccnc3)c(=O)c2c1C. The number of nitrogens with zero attached hydrogens (tertiary/aromatic N) is 3. The number of rotatable bonds is 3. The van der Waals surface area contributed by atoms with Crippen LogP contribution in [0.5, 0.6) is 0 Å². The number of aryl methyl sites for hydroxylation is 2. The predicted octanol–water partition coefficient (Wildman–Crippen LogP) is 3.20. The Kier molecular flexibility index (Phi) is 3.54. The first-order valence-electron chi connectivity index (χ1n) is 6.69. The summed E-state index contributed by atoms with van der Waals surface area (Å²) in [5.41, 5.74) is 1.03. The molecule has 0 spiro atoms. The zero-order valence-corrected chi connectivity index (χ0v) is 13.7. The van der Waals surface area contributed by atoms with Crippen LogP contribution in [0.4, 0.5) is 0 Å². The molecule has 0 aliphatic heterocycles. The van der Waals surface area contributed by atoms with Crippen LogP contribution in [-0.2, 0) is 6.54 Å². The van der Waals surface area contributed by atoms with E-state index in [-0.39, 0.29) is 11.6 Å². The first-order valence-corrected chi connectivity index (χ1v) is 7.91. The van der Waals surface area contributed by atoms with E-state index in [1.54, 1.807) is 28.4 Å². The molecule has 0 aliphatic carbocycles. The maximum atomic E-state index is 12.8. The normalized spacial score (nSPS) is 12.9. The fourth-order valence-corrected chi connectivity index (χ4v) is 4.01. The minimum Gasteiger partial charge on any atom is -0.335 e. The van der Waals surface area contributed by atoms with Crippen molar-refractivity contribution in [1.82, 2.24) is 19.1 Å².